The molecule has 184 valence electrons. The van der Waals surface area contributed by atoms with Crippen LogP contribution in [0.5, 0.6) is 5.75 Å². The van der Waals surface area contributed by atoms with E-state index in [1.54, 1.807) is 19.1 Å². The summed E-state index contributed by atoms with van der Waals surface area (Å²) in [5.74, 6) is -0.457. The van der Waals surface area contributed by atoms with Gasteiger partial charge in [-0.25, -0.2) is 12.8 Å². The van der Waals surface area contributed by atoms with Gasteiger partial charge in [-0.05, 0) is 68.7 Å². The topological polar surface area (TPSA) is 88.2 Å². The first-order valence-electron chi connectivity index (χ1n) is 11.5. The van der Waals surface area contributed by atoms with Crippen LogP contribution in [0.1, 0.15) is 26.2 Å². The molecule has 2 aliphatic heterocycles. The third kappa shape index (κ3) is 5.68. The molecule has 0 aromatic heterocycles. The Balaban J connectivity index is 1.59. The number of anilines is 2. The Labute approximate surface area is 199 Å². The largest absolute Gasteiger partial charge is 0.481 e. The zero-order chi connectivity index (χ0) is 24.1. The van der Waals surface area contributed by atoms with E-state index in [-0.39, 0.29) is 4.90 Å². The van der Waals surface area contributed by atoms with Gasteiger partial charge in [0.2, 0.25) is 10.0 Å². The average Bonchev–Trinajstić information content (AvgIpc) is 2.86. The molecule has 2 aromatic rings. The fourth-order valence-electron chi connectivity index (χ4n) is 4.13. The lowest BCUT2D eigenvalue weighted by Crippen LogP contribution is -2.40. The van der Waals surface area contributed by atoms with E-state index in [4.69, 9.17) is 9.47 Å². The van der Waals surface area contributed by atoms with Gasteiger partial charge in [0, 0.05) is 26.2 Å². The van der Waals surface area contributed by atoms with Crippen molar-refractivity contribution in [3.8, 4) is 5.75 Å². The summed E-state index contributed by atoms with van der Waals surface area (Å²) in [4.78, 5) is 15.3. The number of rotatable bonds is 7. The molecule has 1 N–H and O–H groups in total. The number of benzene rings is 2. The van der Waals surface area contributed by atoms with Gasteiger partial charge in [-0.15, -0.1) is 0 Å². The third-order valence-corrected chi connectivity index (χ3v) is 7.92. The fourth-order valence-corrected chi connectivity index (χ4v) is 5.56. The van der Waals surface area contributed by atoms with Crippen LogP contribution in [0.2, 0.25) is 0 Å². The monoisotopic (exact) mass is 491 g/mol. The summed E-state index contributed by atoms with van der Waals surface area (Å²) in [6.45, 7) is 4.55. The summed E-state index contributed by atoms with van der Waals surface area (Å²) in [5, 5.41) is 2.87. The van der Waals surface area contributed by atoms with E-state index in [0.717, 1.165) is 38.0 Å². The zero-order valence-corrected chi connectivity index (χ0v) is 20.0. The van der Waals surface area contributed by atoms with Crippen molar-refractivity contribution >= 4 is 27.3 Å². The van der Waals surface area contributed by atoms with Crippen LogP contribution >= 0.6 is 0 Å². The number of carbonyl (C=O) groups is 1. The Kier molecular flexibility index (Phi) is 7.70. The highest BCUT2D eigenvalue weighted by Crippen LogP contribution is 2.32. The van der Waals surface area contributed by atoms with Gasteiger partial charge < -0.3 is 19.7 Å². The minimum Gasteiger partial charge on any atom is -0.481 e. The summed E-state index contributed by atoms with van der Waals surface area (Å²) in [6.07, 6.45) is 2.33. The van der Waals surface area contributed by atoms with Crippen molar-refractivity contribution in [3.05, 3.63) is 48.3 Å². The second kappa shape index (κ2) is 10.7. The van der Waals surface area contributed by atoms with E-state index in [1.807, 2.05) is 0 Å². The molecule has 34 heavy (non-hydrogen) atoms. The van der Waals surface area contributed by atoms with E-state index < -0.39 is 27.9 Å². The maximum absolute atomic E-state index is 13.2. The van der Waals surface area contributed by atoms with Crippen LogP contribution < -0.4 is 15.0 Å². The molecular weight excluding hydrogens is 461 g/mol. The van der Waals surface area contributed by atoms with E-state index in [0.29, 0.717) is 37.7 Å². The molecule has 0 spiro atoms. The predicted octanol–water partition coefficient (Wildman–Crippen LogP) is 3.24. The number of nitrogens with zero attached hydrogens (tertiary/aromatic N) is 2. The van der Waals surface area contributed by atoms with Gasteiger partial charge in [0.05, 0.1) is 29.5 Å². The molecule has 0 aliphatic carbocycles. The molecule has 2 aliphatic rings. The van der Waals surface area contributed by atoms with Gasteiger partial charge in [0.1, 0.15) is 11.6 Å². The molecule has 0 unspecified atom stereocenters. The molecule has 0 saturated carbocycles. The zero-order valence-electron chi connectivity index (χ0n) is 19.2. The number of halogens is 1. The van der Waals surface area contributed by atoms with Crippen molar-refractivity contribution in [1.82, 2.24) is 4.31 Å². The van der Waals surface area contributed by atoms with Gasteiger partial charge in [-0.1, -0.05) is 0 Å². The summed E-state index contributed by atoms with van der Waals surface area (Å²) in [6, 6.07) is 10.3. The molecular formula is C24H30FN3O5S. The minimum absolute atomic E-state index is 0.123. The molecule has 2 saturated heterocycles. The number of piperidine rings is 1. The maximum atomic E-state index is 13.2. The van der Waals surface area contributed by atoms with Crippen molar-refractivity contribution < 1.29 is 27.1 Å². The average molecular weight is 492 g/mol. The first kappa shape index (κ1) is 24.4. The van der Waals surface area contributed by atoms with Crippen LogP contribution in [0.3, 0.4) is 0 Å². The molecule has 2 fully saturated rings. The number of nitrogens with one attached hydrogen (secondary N) is 1. The fraction of sp³-hybridized carbons (Fsp3) is 0.458. The Morgan fingerprint density at radius 2 is 1.71 bits per heavy atom. The van der Waals surface area contributed by atoms with E-state index in [1.165, 1.54) is 34.6 Å². The summed E-state index contributed by atoms with van der Waals surface area (Å²) < 4.78 is 51.9. The lowest BCUT2D eigenvalue weighted by Gasteiger charge is -2.31. The number of hydrogen-bond donors (Lipinski definition) is 1. The number of carbonyl (C=O) groups excluding carboxylic acids is 1. The number of morpholine rings is 1. The molecule has 0 bridgehead atoms. The first-order valence-corrected chi connectivity index (χ1v) is 13.0. The Morgan fingerprint density at radius 3 is 2.38 bits per heavy atom. The van der Waals surface area contributed by atoms with Gasteiger partial charge >= 0.3 is 0 Å². The Hall–Kier alpha value is -2.69. The normalized spacial score (nSPS) is 18.4. The summed E-state index contributed by atoms with van der Waals surface area (Å²) >= 11 is 0. The summed E-state index contributed by atoms with van der Waals surface area (Å²) in [7, 11) is -3.72. The van der Waals surface area contributed by atoms with Crippen LogP contribution in [0.15, 0.2) is 47.4 Å². The molecule has 1 atom stereocenters. The van der Waals surface area contributed by atoms with Crippen molar-refractivity contribution in [2.24, 2.45) is 0 Å². The molecule has 2 heterocycles. The second-order valence-electron chi connectivity index (χ2n) is 8.45. The van der Waals surface area contributed by atoms with Crippen LogP contribution in [0.4, 0.5) is 15.8 Å². The number of sulfonamides is 1. The summed E-state index contributed by atoms with van der Waals surface area (Å²) in [5.41, 5.74) is 1.21. The van der Waals surface area contributed by atoms with Crippen molar-refractivity contribution in [3.63, 3.8) is 0 Å². The molecule has 4 rings (SSSR count). The molecule has 10 heteroatoms. The van der Waals surface area contributed by atoms with Gasteiger partial charge in [0.15, 0.2) is 6.10 Å². The number of amides is 1. The van der Waals surface area contributed by atoms with Crippen molar-refractivity contribution in [2.75, 3.05) is 49.6 Å². The second-order valence-corrected chi connectivity index (χ2v) is 10.4. The number of ether oxygens (including phenoxy) is 2. The molecule has 1 amide bonds. The third-order valence-electron chi connectivity index (χ3n) is 6.03. The van der Waals surface area contributed by atoms with Crippen molar-refractivity contribution in [1.29, 1.82) is 0 Å². The standard InChI is InChI=1S/C24H30FN3O5S/c1-18(33-20-7-5-19(25)6-8-20)24(29)26-22-17-21(34(30,31)28-13-15-32-16-14-28)9-10-23(22)27-11-3-2-4-12-27/h5-10,17-18H,2-4,11-16H2,1H3,(H,26,29)/t18-/m1/s1. The van der Waals surface area contributed by atoms with Crippen molar-refractivity contribution in [2.45, 2.75) is 37.2 Å². The SMILES string of the molecule is C[C@@H](Oc1ccc(F)cc1)C(=O)Nc1cc(S(=O)(=O)N2CCOCC2)ccc1N1CCCCC1. The lowest BCUT2D eigenvalue weighted by atomic mass is 10.1. The Bertz CT molecular complexity index is 1100. The Morgan fingerprint density at radius 1 is 1.03 bits per heavy atom. The highest BCUT2D eigenvalue weighted by Gasteiger charge is 2.28. The van der Waals surface area contributed by atoms with E-state index >= 15 is 0 Å². The minimum atomic E-state index is -3.72. The predicted molar refractivity (Wildman–Crippen MR) is 127 cm³/mol. The van der Waals surface area contributed by atoms with Crippen LogP contribution in [-0.2, 0) is 19.6 Å². The quantitative estimate of drug-likeness (QED) is 0.640. The highest BCUT2D eigenvalue weighted by molar-refractivity contribution is 7.89. The van der Waals surface area contributed by atoms with E-state index in [2.05, 4.69) is 10.2 Å². The maximum Gasteiger partial charge on any atom is 0.265 e. The molecule has 8 nitrogen and oxygen atoms in total. The van der Waals surface area contributed by atoms with Gasteiger partial charge in [-0.3, -0.25) is 4.79 Å². The smallest absolute Gasteiger partial charge is 0.265 e. The van der Waals surface area contributed by atoms with Crippen LogP contribution in [0.25, 0.3) is 0 Å². The van der Waals surface area contributed by atoms with Crippen LogP contribution in [-0.4, -0.2) is 64.1 Å². The highest BCUT2D eigenvalue weighted by atomic mass is 32.2. The lowest BCUT2D eigenvalue weighted by molar-refractivity contribution is -0.122. The van der Waals surface area contributed by atoms with Crippen LogP contribution in [0, 0.1) is 5.82 Å². The molecule has 2 aromatic carbocycles. The number of hydrogen-bond acceptors (Lipinski definition) is 6. The van der Waals surface area contributed by atoms with Gasteiger partial charge in [-0.2, -0.15) is 4.31 Å². The van der Waals surface area contributed by atoms with Gasteiger partial charge in [0.25, 0.3) is 5.91 Å². The molecule has 0 radical (unpaired) electrons. The first-order chi connectivity index (χ1) is 16.3. The van der Waals surface area contributed by atoms with E-state index in [9.17, 15) is 17.6 Å².